The Labute approximate surface area is 154 Å². The standard InChI is InChI=1S/C19H29N3O4/c1-3-26-13-5-10-21-17(23)15-6-4-7-16(14-15)22-18(24)19(25-2)8-11-20-12-9-19/h4,6-7,14,20H,3,5,8-13H2,1-2H3,(H,21,23)(H,22,24). The predicted molar refractivity (Wildman–Crippen MR) is 100 cm³/mol. The molecule has 2 amide bonds. The fourth-order valence-corrected chi connectivity index (χ4v) is 2.96. The third-order valence-electron chi connectivity index (χ3n) is 4.55. The molecule has 0 atom stereocenters. The lowest BCUT2D eigenvalue weighted by molar-refractivity contribution is -0.140. The molecule has 1 aliphatic rings. The average molecular weight is 363 g/mol. The lowest BCUT2D eigenvalue weighted by Gasteiger charge is -2.34. The normalized spacial score (nSPS) is 16.1. The molecule has 26 heavy (non-hydrogen) atoms. The van der Waals surface area contributed by atoms with Crippen molar-refractivity contribution in [2.75, 3.05) is 45.3 Å². The molecule has 1 heterocycles. The van der Waals surface area contributed by atoms with Crippen LogP contribution >= 0.6 is 0 Å². The number of amides is 2. The van der Waals surface area contributed by atoms with Crippen LogP contribution in [0.25, 0.3) is 0 Å². The van der Waals surface area contributed by atoms with Gasteiger partial charge in [0.05, 0.1) is 0 Å². The molecule has 0 aliphatic carbocycles. The average Bonchev–Trinajstić information content (AvgIpc) is 2.68. The molecule has 1 aliphatic heterocycles. The third kappa shape index (κ3) is 5.52. The minimum Gasteiger partial charge on any atom is -0.382 e. The summed E-state index contributed by atoms with van der Waals surface area (Å²) in [5, 5.41) is 8.97. The van der Waals surface area contributed by atoms with E-state index in [2.05, 4.69) is 16.0 Å². The topological polar surface area (TPSA) is 88.7 Å². The van der Waals surface area contributed by atoms with Crippen molar-refractivity contribution in [2.45, 2.75) is 31.8 Å². The Morgan fingerprint density at radius 1 is 1.27 bits per heavy atom. The number of carbonyl (C=O) groups excluding carboxylic acids is 2. The number of methoxy groups -OCH3 is 1. The molecule has 0 bridgehead atoms. The van der Waals surface area contributed by atoms with Gasteiger partial charge in [-0.3, -0.25) is 9.59 Å². The fraction of sp³-hybridized carbons (Fsp3) is 0.579. The zero-order valence-corrected chi connectivity index (χ0v) is 15.6. The number of rotatable bonds is 9. The second kappa shape index (κ2) is 10.3. The monoisotopic (exact) mass is 363 g/mol. The van der Waals surface area contributed by atoms with Crippen molar-refractivity contribution < 1.29 is 19.1 Å². The van der Waals surface area contributed by atoms with E-state index in [0.29, 0.717) is 43.9 Å². The van der Waals surface area contributed by atoms with Gasteiger partial charge < -0.3 is 25.4 Å². The molecule has 1 fully saturated rings. The summed E-state index contributed by atoms with van der Waals surface area (Å²) in [5.41, 5.74) is 0.283. The molecular formula is C19H29N3O4. The van der Waals surface area contributed by atoms with Crippen molar-refractivity contribution in [3.8, 4) is 0 Å². The number of hydrogen-bond acceptors (Lipinski definition) is 5. The van der Waals surface area contributed by atoms with Crippen LogP contribution in [0.4, 0.5) is 5.69 Å². The maximum atomic E-state index is 12.7. The van der Waals surface area contributed by atoms with E-state index >= 15 is 0 Å². The van der Waals surface area contributed by atoms with Gasteiger partial charge in [0, 0.05) is 38.1 Å². The van der Waals surface area contributed by atoms with Gasteiger partial charge >= 0.3 is 0 Å². The van der Waals surface area contributed by atoms with Crippen LogP contribution in [0.1, 0.15) is 36.5 Å². The number of carbonyl (C=O) groups is 2. The Hall–Kier alpha value is -1.96. The SMILES string of the molecule is CCOCCCNC(=O)c1cccc(NC(=O)C2(OC)CCNCC2)c1. The summed E-state index contributed by atoms with van der Waals surface area (Å²) in [6.45, 7) is 5.28. The summed E-state index contributed by atoms with van der Waals surface area (Å²) in [4.78, 5) is 24.9. The number of hydrogen-bond donors (Lipinski definition) is 3. The van der Waals surface area contributed by atoms with E-state index in [1.807, 2.05) is 6.92 Å². The van der Waals surface area contributed by atoms with Crippen LogP contribution < -0.4 is 16.0 Å². The number of anilines is 1. The molecule has 144 valence electrons. The van der Waals surface area contributed by atoms with E-state index in [-0.39, 0.29) is 11.8 Å². The summed E-state index contributed by atoms with van der Waals surface area (Å²) < 4.78 is 10.8. The van der Waals surface area contributed by atoms with Crippen LogP contribution in [0.15, 0.2) is 24.3 Å². The van der Waals surface area contributed by atoms with Crippen LogP contribution in [-0.4, -0.2) is 57.4 Å². The van der Waals surface area contributed by atoms with Gasteiger partial charge in [-0.1, -0.05) is 6.07 Å². The van der Waals surface area contributed by atoms with E-state index in [4.69, 9.17) is 9.47 Å². The van der Waals surface area contributed by atoms with E-state index in [1.54, 1.807) is 31.4 Å². The van der Waals surface area contributed by atoms with Crippen molar-refractivity contribution >= 4 is 17.5 Å². The molecule has 0 saturated carbocycles. The molecule has 7 nitrogen and oxygen atoms in total. The van der Waals surface area contributed by atoms with Gasteiger partial charge in [0.15, 0.2) is 0 Å². The highest BCUT2D eigenvalue weighted by Gasteiger charge is 2.39. The van der Waals surface area contributed by atoms with Crippen molar-refractivity contribution in [2.24, 2.45) is 0 Å². The first-order chi connectivity index (χ1) is 12.6. The minimum absolute atomic E-state index is 0.166. The minimum atomic E-state index is -0.817. The van der Waals surface area contributed by atoms with Gasteiger partial charge in [0.2, 0.25) is 0 Å². The molecule has 0 spiro atoms. The Morgan fingerprint density at radius 2 is 2.04 bits per heavy atom. The van der Waals surface area contributed by atoms with Crippen molar-refractivity contribution in [3.05, 3.63) is 29.8 Å². The lowest BCUT2D eigenvalue weighted by Crippen LogP contribution is -2.51. The summed E-state index contributed by atoms with van der Waals surface area (Å²) in [6, 6.07) is 6.94. The van der Waals surface area contributed by atoms with Crippen LogP contribution in [-0.2, 0) is 14.3 Å². The van der Waals surface area contributed by atoms with Gasteiger partial charge in [-0.15, -0.1) is 0 Å². The molecule has 7 heteroatoms. The van der Waals surface area contributed by atoms with Crippen molar-refractivity contribution in [3.63, 3.8) is 0 Å². The maximum Gasteiger partial charge on any atom is 0.256 e. The summed E-state index contributed by atoms with van der Waals surface area (Å²) >= 11 is 0. The first-order valence-electron chi connectivity index (χ1n) is 9.14. The van der Waals surface area contributed by atoms with Gasteiger partial charge in [-0.05, 0) is 57.5 Å². The summed E-state index contributed by atoms with van der Waals surface area (Å²) in [5.74, 6) is -0.336. The van der Waals surface area contributed by atoms with Crippen LogP contribution in [0.2, 0.25) is 0 Å². The summed E-state index contributed by atoms with van der Waals surface area (Å²) in [7, 11) is 1.57. The largest absolute Gasteiger partial charge is 0.382 e. The molecule has 0 aromatic heterocycles. The van der Waals surface area contributed by atoms with E-state index in [1.165, 1.54) is 0 Å². The highest BCUT2D eigenvalue weighted by atomic mass is 16.5. The number of nitrogens with one attached hydrogen (secondary N) is 3. The molecule has 1 aromatic rings. The molecule has 2 rings (SSSR count). The van der Waals surface area contributed by atoms with Gasteiger partial charge in [-0.2, -0.15) is 0 Å². The van der Waals surface area contributed by atoms with Crippen molar-refractivity contribution in [1.29, 1.82) is 0 Å². The number of piperidine rings is 1. The fourth-order valence-electron chi connectivity index (χ4n) is 2.96. The van der Waals surface area contributed by atoms with Crippen LogP contribution in [0.5, 0.6) is 0 Å². The molecule has 1 aromatic carbocycles. The van der Waals surface area contributed by atoms with Crippen LogP contribution in [0, 0.1) is 0 Å². The van der Waals surface area contributed by atoms with Crippen molar-refractivity contribution in [1.82, 2.24) is 10.6 Å². The van der Waals surface area contributed by atoms with Gasteiger partial charge in [0.25, 0.3) is 11.8 Å². The Balaban J connectivity index is 1.93. The Morgan fingerprint density at radius 3 is 2.73 bits per heavy atom. The Bertz CT molecular complexity index is 600. The molecule has 0 unspecified atom stereocenters. The second-order valence-corrected chi connectivity index (χ2v) is 6.29. The zero-order chi connectivity index (χ0) is 18.8. The molecular weight excluding hydrogens is 334 g/mol. The summed E-state index contributed by atoms with van der Waals surface area (Å²) in [6.07, 6.45) is 2.01. The lowest BCUT2D eigenvalue weighted by atomic mass is 9.91. The van der Waals surface area contributed by atoms with E-state index in [0.717, 1.165) is 19.5 Å². The molecule has 3 N–H and O–H groups in total. The third-order valence-corrected chi connectivity index (χ3v) is 4.55. The number of ether oxygens (including phenoxy) is 2. The first-order valence-corrected chi connectivity index (χ1v) is 9.14. The smallest absolute Gasteiger partial charge is 0.256 e. The molecule has 0 radical (unpaired) electrons. The van der Waals surface area contributed by atoms with Gasteiger partial charge in [0.1, 0.15) is 5.60 Å². The predicted octanol–water partition coefficient (Wildman–Crippen LogP) is 1.55. The second-order valence-electron chi connectivity index (χ2n) is 6.29. The highest BCUT2D eigenvalue weighted by Crippen LogP contribution is 2.24. The zero-order valence-electron chi connectivity index (χ0n) is 15.6. The number of benzene rings is 1. The maximum absolute atomic E-state index is 12.7. The molecule has 1 saturated heterocycles. The Kier molecular flexibility index (Phi) is 8.03. The highest BCUT2D eigenvalue weighted by molar-refractivity contribution is 6.00. The van der Waals surface area contributed by atoms with E-state index in [9.17, 15) is 9.59 Å². The van der Waals surface area contributed by atoms with E-state index < -0.39 is 5.60 Å². The quantitative estimate of drug-likeness (QED) is 0.579. The van der Waals surface area contributed by atoms with Crippen LogP contribution in [0.3, 0.4) is 0 Å². The van der Waals surface area contributed by atoms with Gasteiger partial charge in [-0.25, -0.2) is 0 Å². The first kappa shape index (κ1) is 20.4.